The van der Waals surface area contributed by atoms with Gasteiger partial charge in [0.15, 0.2) is 0 Å². The zero-order valence-electron chi connectivity index (χ0n) is 11.2. The fraction of sp³-hybridized carbons (Fsp3) is 0.714. The van der Waals surface area contributed by atoms with Gasteiger partial charge in [-0.3, -0.25) is 4.90 Å². The summed E-state index contributed by atoms with van der Waals surface area (Å²) < 4.78 is 0. The average Bonchev–Trinajstić information content (AvgIpc) is 2.64. The molecule has 0 radical (unpaired) electrons. The molecule has 1 N–H and O–H groups in total. The van der Waals surface area contributed by atoms with Crippen molar-refractivity contribution in [1.29, 1.82) is 0 Å². The molecule has 2 rings (SSSR count). The molecule has 1 aromatic rings. The van der Waals surface area contributed by atoms with E-state index < -0.39 is 0 Å². The SMILES string of the molecule is CCC1CN(C(C)c2ccc(C)s2)CCCN1. The van der Waals surface area contributed by atoms with Crippen LogP contribution in [0.15, 0.2) is 12.1 Å². The molecule has 2 heterocycles. The minimum absolute atomic E-state index is 0.572. The van der Waals surface area contributed by atoms with Crippen LogP contribution in [-0.2, 0) is 0 Å². The summed E-state index contributed by atoms with van der Waals surface area (Å²) in [6.45, 7) is 10.4. The summed E-state index contributed by atoms with van der Waals surface area (Å²) in [5.41, 5.74) is 0. The number of nitrogens with one attached hydrogen (secondary N) is 1. The fourth-order valence-electron chi connectivity index (χ4n) is 2.51. The summed E-state index contributed by atoms with van der Waals surface area (Å²) in [5.74, 6) is 0. The Morgan fingerprint density at radius 2 is 2.35 bits per heavy atom. The van der Waals surface area contributed by atoms with Crippen LogP contribution in [0.3, 0.4) is 0 Å². The van der Waals surface area contributed by atoms with Gasteiger partial charge in [0.05, 0.1) is 0 Å². The highest BCUT2D eigenvalue weighted by Crippen LogP contribution is 2.28. The number of hydrogen-bond donors (Lipinski definition) is 1. The molecule has 1 aromatic heterocycles. The van der Waals surface area contributed by atoms with Gasteiger partial charge in [-0.2, -0.15) is 0 Å². The van der Waals surface area contributed by atoms with Gasteiger partial charge in [-0.15, -0.1) is 11.3 Å². The normalized spacial score (nSPS) is 24.5. The highest BCUT2D eigenvalue weighted by Gasteiger charge is 2.22. The highest BCUT2D eigenvalue weighted by molar-refractivity contribution is 7.12. The van der Waals surface area contributed by atoms with Crippen molar-refractivity contribution in [3.05, 3.63) is 21.9 Å². The molecule has 1 aliphatic rings. The third-order valence-electron chi connectivity index (χ3n) is 3.72. The summed E-state index contributed by atoms with van der Waals surface area (Å²) >= 11 is 1.94. The van der Waals surface area contributed by atoms with E-state index in [1.165, 1.54) is 42.2 Å². The Hall–Kier alpha value is -0.380. The quantitative estimate of drug-likeness (QED) is 0.889. The summed E-state index contributed by atoms with van der Waals surface area (Å²) in [5, 5.41) is 3.63. The van der Waals surface area contributed by atoms with Crippen LogP contribution in [0.4, 0.5) is 0 Å². The van der Waals surface area contributed by atoms with Crippen molar-refractivity contribution in [2.24, 2.45) is 0 Å². The molecule has 1 aliphatic heterocycles. The standard InChI is InChI=1S/C14H24N2S/c1-4-13-10-16(9-5-8-15-13)12(3)14-7-6-11(2)17-14/h6-7,12-13,15H,4-5,8-10H2,1-3H3. The summed E-state index contributed by atoms with van der Waals surface area (Å²) in [6, 6.07) is 5.78. The second-order valence-electron chi connectivity index (χ2n) is 5.03. The molecule has 0 amide bonds. The van der Waals surface area contributed by atoms with Crippen LogP contribution in [0.2, 0.25) is 0 Å². The van der Waals surface area contributed by atoms with E-state index in [0.717, 1.165) is 0 Å². The minimum Gasteiger partial charge on any atom is -0.313 e. The lowest BCUT2D eigenvalue weighted by Crippen LogP contribution is -2.38. The van der Waals surface area contributed by atoms with E-state index in [9.17, 15) is 0 Å². The Morgan fingerprint density at radius 1 is 1.53 bits per heavy atom. The molecule has 96 valence electrons. The first-order chi connectivity index (χ1) is 8.20. The summed E-state index contributed by atoms with van der Waals surface area (Å²) in [4.78, 5) is 5.57. The maximum Gasteiger partial charge on any atom is 0.0414 e. The Labute approximate surface area is 109 Å². The number of rotatable bonds is 3. The Morgan fingerprint density at radius 3 is 3.00 bits per heavy atom. The zero-order valence-corrected chi connectivity index (χ0v) is 12.0. The smallest absolute Gasteiger partial charge is 0.0414 e. The molecule has 0 aromatic carbocycles. The number of thiophene rings is 1. The number of hydrogen-bond acceptors (Lipinski definition) is 3. The number of aryl methyl sites for hydroxylation is 1. The second-order valence-corrected chi connectivity index (χ2v) is 6.35. The Bertz CT molecular complexity index is 348. The van der Waals surface area contributed by atoms with Gasteiger partial charge in [-0.25, -0.2) is 0 Å². The average molecular weight is 252 g/mol. The molecule has 0 aliphatic carbocycles. The maximum atomic E-state index is 3.63. The summed E-state index contributed by atoms with van der Waals surface area (Å²) in [7, 11) is 0. The van der Waals surface area contributed by atoms with Gasteiger partial charge in [0.1, 0.15) is 0 Å². The molecule has 0 spiro atoms. The largest absolute Gasteiger partial charge is 0.313 e. The lowest BCUT2D eigenvalue weighted by Gasteiger charge is -2.29. The van der Waals surface area contributed by atoms with E-state index in [2.05, 4.69) is 43.1 Å². The molecule has 0 bridgehead atoms. The molecule has 3 heteroatoms. The number of nitrogens with zero attached hydrogens (tertiary/aromatic N) is 1. The van der Waals surface area contributed by atoms with Crippen molar-refractivity contribution in [2.75, 3.05) is 19.6 Å². The van der Waals surface area contributed by atoms with Crippen LogP contribution >= 0.6 is 11.3 Å². The first kappa shape index (κ1) is 13.1. The monoisotopic (exact) mass is 252 g/mol. The van der Waals surface area contributed by atoms with E-state index in [1.54, 1.807) is 0 Å². The van der Waals surface area contributed by atoms with Crippen molar-refractivity contribution in [1.82, 2.24) is 10.2 Å². The zero-order chi connectivity index (χ0) is 12.3. The van der Waals surface area contributed by atoms with E-state index in [1.807, 2.05) is 11.3 Å². The van der Waals surface area contributed by atoms with Crippen molar-refractivity contribution in [3.8, 4) is 0 Å². The van der Waals surface area contributed by atoms with Crippen LogP contribution in [0.5, 0.6) is 0 Å². The molecular weight excluding hydrogens is 228 g/mol. The van der Waals surface area contributed by atoms with E-state index in [4.69, 9.17) is 0 Å². The van der Waals surface area contributed by atoms with Gasteiger partial charge in [-0.1, -0.05) is 6.92 Å². The third kappa shape index (κ3) is 3.30. The minimum atomic E-state index is 0.572. The Kier molecular flexibility index (Phi) is 4.60. The van der Waals surface area contributed by atoms with E-state index >= 15 is 0 Å². The van der Waals surface area contributed by atoms with Crippen LogP contribution in [0, 0.1) is 6.92 Å². The van der Waals surface area contributed by atoms with Crippen molar-refractivity contribution >= 4 is 11.3 Å². The van der Waals surface area contributed by atoms with Crippen LogP contribution < -0.4 is 5.32 Å². The predicted octanol–water partition coefficient (Wildman–Crippen LogP) is 3.19. The van der Waals surface area contributed by atoms with Gasteiger partial charge in [0, 0.05) is 34.9 Å². The first-order valence-corrected chi connectivity index (χ1v) is 7.56. The van der Waals surface area contributed by atoms with Crippen molar-refractivity contribution in [2.45, 2.75) is 45.7 Å². The molecule has 2 nitrogen and oxygen atoms in total. The fourth-order valence-corrected chi connectivity index (χ4v) is 3.47. The summed E-state index contributed by atoms with van der Waals surface area (Å²) in [6.07, 6.45) is 2.50. The van der Waals surface area contributed by atoms with Crippen molar-refractivity contribution < 1.29 is 0 Å². The lowest BCUT2D eigenvalue weighted by atomic mass is 10.1. The third-order valence-corrected chi connectivity index (χ3v) is 4.89. The van der Waals surface area contributed by atoms with Crippen molar-refractivity contribution in [3.63, 3.8) is 0 Å². The molecule has 1 fully saturated rings. The molecular formula is C14H24N2S. The Balaban J connectivity index is 2.04. The van der Waals surface area contributed by atoms with Crippen LogP contribution in [-0.4, -0.2) is 30.6 Å². The van der Waals surface area contributed by atoms with E-state index in [-0.39, 0.29) is 0 Å². The van der Waals surface area contributed by atoms with Gasteiger partial charge in [-0.05, 0) is 45.4 Å². The molecule has 17 heavy (non-hydrogen) atoms. The molecule has 1 saturated heterocycles. The van der Waals surface area contributed by atoms with Gasteiger partial charge in [0.2, 0.25) is 0 Å². The van der Waals surface area contributed by atoms with Crippen LogP contribution in [0.1, 0.15) is 42.5 Å². The lowest BCUT2D eigenvalue weighted by molar-refractivity contribution is 0.208. The second kappa shape index (κ2) is 5.98. The predicted molar refractivity (Wildman–Crippen MR) is 75.7 cm³/mol. The van der Waals surface area contributed by atoms with Gasteiger partial charge >= 0.3 is 0 Å². The molecule has 2 atom stereocenters. The van der Waals surface area contributed by atoms with Gasteiger partial charge < -0.3 is 5.32 Å². The van der Waals surface area contributed by atoms with Gasteiger partial charge in [0.25, 0.3) is 0 Å². The maximum absolute atomic E-state index is 3.63. The van der Waals surface area contributed by atoms with Crippen LogP contribution in [0.25, 0.3) is 0 Å². The van der Waals surface area contributed by atoms with E-state index in [0.29, 0.717) is 12.1 Å². The molecule has 0 saturated carbocycles. The topological polar surface area (TPSA) is 15.3 Å². The molecule has 2 unspecified atom stereocenters. The highest BCUT2D eigenvalue weighted by atomic mass is 32.1. The first-order valence-electron chi connectivity index (χ1n) is 6.74.